The number of likely N-dealkylation sites (tertiary alicyclic amines) is 1. The molecule has 1 saturated heterocycles. The van der Waals surface area contributed by atoms with Crippen molar-refractivity contribution in [3.8, 4) is 0 Å². The maximum Gasteiger partial charge on any atom is 0.124 e. The first-order chi connectivity index (χ1) is 9.76. The van der Waals surface area contributed by atoms with Gasteiger partial charge in [0.1, 0.15) is 5.82 Å². The Bertz CT molecular complexity index is 605. The van der Waals surface area contributed by atoms with Gasteiger partial charge in [0.2, 0.25) is 0 Å². The number of nitrogens with one attached hydrogen (secondary N) is 1. The zero-order valence-corrected chi connectivity index (χ0v) is 13.0. The molecule has 1 aliphatic heterocycles. The molecule has 1 N–H and O–H groups in total. The number of aromatic nitrogens is 1. The third-order valence-corrected chi connectivity index (χ3v) is 4.01. The van der Waals surface area contributed by atoms with Gasteiger partial charge < -0.3 is 5.32 Å². The Kier molecular flexibility index (Phi) is 5.51. The zero-order chi connectivity index (χ0) is 13.9. The highest BCUT2D eigenvalue weighted by Gasteiger charge is 2.22. The Labute approximate surface area is 131 Å². The highest BCUT2D eigenvalue weighted by atomic mass is 35.5. The van der Waals surface area contributed by atoms with E-state index in [0.717, 1.165) is 42.6 Å². The van der Waals surface area contributed by atoms with Crippen molar-refractivity contribution < 1.29 is 4.39 Å². The van der Waals surface area contributed by atoms with E-state index in [9.17, 15) is 4.39 Å². The smallest absolute Gasteiger partial charge is 0.124 e. The predicted octanol–water partition coefficient (Wildman–Crippen LogP) is 2.84. The molecule has 0 spiro atoms. The van der Waals surface area contributed by atoms with Crippen LogP contribution in [0, 0.1) is 11.7 Å². The number of halogens is 2. The normalized spacial score (nSPS) is 18.9. The number of pyridine rings is 1. The van der Waals surface area contributed by atoms with Gasteiger partial charge in [0.05, 0.1) is 5.52 Å². The largest absolute Gasteiger partial charge is 0.319 e. The van der Waals surface area contributed by atoms with Gasteiger partial charge >= 0.3 is 0 Å². The fourth-order valence-corrected chi connectivity index (χ4v) is 3.10. The second-order valence-corrected chi connectivity index (χ2v) is 5.59. The molecule has 5 heteroatoms. The highest BCUT2D eigenvalue weighted by Crippen LogP contribution is 2.23. The fourth-order valence-electron chi connectivity index (χ4n) is 3.10. The van der Waals surface area contributed by atoms with Crippen molar-refractivity contribution in [1.82, 2.24) is 15.2 Å². The van der Waals surface area contributed by atoms with Crippen LogP contribution in [0.2, 0.25) is 0 Å². The lowest BCUT2D eigenvalue weighted by atomic mass is 10.1. The second-order valence-electron chi connectivity index (χ2n) is 5.59. The molecule has 0 saturated carbocycles. The fraction of sp³-hybridized carbons (Fsp3) is 0.438. The molecule has 3 nitrogen and oxygen atoms in total. The molecule has 2 aromatic rings. The molecular weight excluding hydrogens is 289 g/mol. The van der Waals surface area contributed by atoms with Crippen molar-refractivity contribution in [3.63, 3.8) is 0 Å². The third-order valence-electron chi connectivity index (χ3n) is 4.01. The summed E-state index contributed by atoms with van der Waals surface area (Å²) >= 11 is 0. The molecule has 1 aliphatic rings. The van der Waals surface area contributed by atoms with Crippen LogP contribution in [0.25, 0.3) is 10.9 Å². The van der Waals surface area contributed by atoms with Gasteiger partial charge in [-0.1, -0.05) is 6.07 Å². The summed E-state index contributed by atoms with van der Waals surface area (Å²) in [5.41, 5.74) is 1.91. The number of hydrogen-bond acceptors (Lipinski definition) is 3. The number of rotatable bonds is 4. The molecule has 0 amide bonds. The van der Waals surface area contributed by atoms with E-state index in [0.29, 0.717) is 5.92 Å². The van der Waals surface area contributed by atoms with E-state index in [4.69, 9.17) is 0 Å². The standard InChI is InChI=1S/C16H20FN3.ClH/c1-18-9-12-4-6-20(10-12)11-14-8-15(17)7-13-3-2-5-19-16(13)14;/h2-3,5,7-8,12,18H,4,6,9-11H2,1H3;1H. The van der Waals surface area contributed by atoms with Crippen molar-refractivity contribution in [2.75, 3.05) is 26.7 Å². The van der Waals surface area contributed by atoms with Crippen LogP contribution in [-0.2, 0) is 6.54 Å². The molecule has 1 unspecified atom stereocenters. The van der Waals surface area contributed by atoms with Gasteiger partial charge in [-0.25, -0.2) is 4.39 Å². The quantitative estimate of drug-likeness (QED) is 0.941. The Hall–Kier alpha value is -1.23. The summed E-state index contributed by atoms with van der Waals surface area (Å²) in [5, 5.41) is 4.12. The molecular formula is C16H21ClFN3. The minimum absolute atomic E-state index is 0. The summed E-state index contributed by atoms with van der Waals surface area (Å²) < 4.78 is 13.7. The summed E-state index contributed by atoms with van der Waals surface area (Å²) in [5.74, 6) is 0.527. The van der Waals surface area contributed by atoms with Crippen LogP contribution in [0.3, 0.4) is 0 Å². The average Bonchev–Trinajstić information content (AvgIpc) is 2.86. The predicted molar refractivity (Wildman–Crippen MR) is 86.3 cm³/mol. The van der Waals surface area contributed by atoms with E-state index in [1.54, 1.807) is 18.3 Å². The minimum Gasteiger partial charge on any atom is -0.319 e. The van der Waals surface area contributed by atoms with Gasteiger partial charge in [0.15, 0.2) is 0 Å². The van der Waals surface area contributed by atoms with E-state index in [1.165, 1.54) is 6.42 Å². The lowest BCUT2D eigenvalue weighted by molar-refractivity contribution is 0.316. The highest BCUT2D eigenvalue weighted by molar-refractivity contribution is 5.85. The van der Waals surface area contributed by atoms with Crippen molar-refractivity contribution in [1.29, 1.82) is 0 Å². The summed E-state index contributed by atoms with van der Waals surface area (Å²) in [6, 6.07) is 6.95. The molecule has 0 radical (unpaired) electrons. The van der Waals surface area contributed by atoms with Crippen LogP contribution in [0.5, 0.6) is 0 Å². The summed E-state index contributed by atoms with van der Waals surface area (Å²) in [6.07, 6.45) is 2.99. The number of fused-ring (bicyclic) bond motifs is 1. The summed E-state index contributed by atoms with van der Waals surface area (Å²) in [4.78, 5) is 6.81. The molecule has 0 aliphatic carbocycles. The van der Waals surface area contributed by atoms with E-state index < -0.39 is 0 Å². The van der Waals surface area contributed by atoms with E-state index in [2.05, 4.69) is 15.2 Å². The first kappa shape index (κ1) is 16.1. The average molecular weight is 310 g/mol. The lowest BCUT2D eigenvalue weighted by Gasteiger charge is -2.17. The minimum atomic E-state index is -0.175. The van der Waals surface area contributed by atoms with Crippen molar-refractivity contribution in [3.05, 3.63) is 41.8 Å². The van der Waals surface area contributed by atoms with E-state index in [1.807, 2.05) is 19.2 Å². The Morgan fingerprint density at radius 3 is 3.10 bits per heavy atom. The maximum atomic E-state index is 13.7. The van der Waals surface area contributed by atoms with Crippen molar-refractivity contribution >= 4 is 23.3 Å². The molecule has 21 heavy (non-hydrogen) atoms. The van der Waals surface area contributed by atoms with Gasteiger partial charge in [-0.15, -0.1) is 12.4 Å². The topological polar surface area (TPSA) is 28.2 Å². The van der Waals surface area contributed by atoms with Crippen LogP contribution >= 0.6 is 12.4 Å². The van der Waals surface area contributed by atoms with Crippen LogP contribution < -0.4 is 5.32 Å². The zero-order valence-electron chi connectivity index (χ0n) is 12.2. The molecule has 1 aromatic carbocycles. The summed E-state index contributed by atoms with van der Waals surface area (Å²) in [6.45, 7) is 3.99. The number of nitrogens with zero attached hydrogens (tertiary/aromatic N) is 2. The number of hydrogen-bond donors (Lipinski definition) is 1. The second kappa shape index (κ2) is 7.16. The van der Waals surface area contributed by atoms with Gasteiger partial charge in [-0.05, 0) is 56.2 Å². The molecule has 0 bridgehead atoms. The lowest BCUT2D eigenvalue weighted by Crippen LogP contribution is -2.24. The van der Waals surface area contributed by atoms with Crippen LogP contribution in [0.1, 0.15) is 12.0 Å². The van der Waals surface area contributed by atoms with Gasteiger partial charge in [-0.3, -0.25) is 9.88 Å². The van der Waals surface area contributed by atoms with Crippen LogP contribution in [0.15, 0.2) is 30.5 Å². The van der Waals surface area contributed by atoms with Gasteiger partial charge in [0.25, 0.3) is 0 Å². The van der Waals surface area contributed by atoms with Crippen LogP contribution in [-0.4, -0.2) is 36.6 Å². The number of benzene rings is 1. The van der Waals surface area contributed by atoms with Gasteiger partial charge in [0, 0.05) is 24.7 Å². The molecule has 2 heterocycles. The van der Waals surface area contributed by atoms with Crippen molar-refractivity contribution in [2.24, 2.45) is 5.92 Å². The summed E-state index contributed by atoms with van der Waals surface area (Å²) in [7, 11) is 1.99. The maximum absolute atomic E-state index is 13.7. The first-order valence-corrected chi connectivity index (χ1v) is 7.16. The van der Waals surface area contributed by atoms with Crippen molar-refractivity contribution in [2.45, 2.75) is 13.0 Å². The molecule has 1 aromatic heterocycles. The monoisotopic (exact) mass is 309 g/mol. The Morgan fingerprint density at radius 2 is 2.29 bits per heavy atom. The van der Waals surface area contributed by atoms with Crippen LogP contribution in [0.4, 0.5) is 4.39 Å². The first-order valence-electron chi connectivity index (χ1n) is 7.16. The third kappa shape index (κ3) is 3.70. The van der Waals surface area contributed by atoms with E-state index in [-0.39, 0.29) is 18.2 Å². The SMILES string of the molecule is CNCC1CCN(Cc2cc(F)cc3cccnc23)C1.Cl. The van der Waals surface area contributed by atoms with Gasteiger partial charge in [-0.2, -0.15) is 0 Å². The molecule has 3 rings (SSSR count). The molecule has 1 fully saturated rings. The molecule has 1 atom stereocenters. The Morgan fingerprint density at radius 1 is 1.43 bits per heavy atom. The van der Waals surface area contributed by atoms with E-state index >= 15 is 0 Å². The Balaban J connectivity index is 0.00000161. The molecule has 114 valence electrons.